The molecule has 3 unspecified atom stereocenters. The molecule has 0 aromatic carbocycles. The monoisotopic (exact) mass is 266 g/mol. The van der Waals surface area contributed by atoms with Crippen molar-refractivity contribution in [1.82, 2.24) is 4.90 Å². The van der Waals surface area contributed by atoms with Gasteiger partial charge < -0.3 is 5.73 Å². The second-order valence-electron chi connectivity index (χ2n) is 7.09. The third kappa shape index (κ3) is 4.19. The van der Waals surface area contributed by atoms with Crippen LogP contribution in [0.1, 0.15) is 71.6 Å². The molecule has 2 aliphatic carbocycles. The van der Waals surface area contributed by atoms with Gasteiger partial charge in [0.25, 0.3) is 0 Å². The van der Waals surface area contributed by atoms with Crippen molar-refractivity contribution in [2.75, 3.05) is 13.1 Å². The summed E-state index contributed by atoms with van der Waals surface area (Å²) in [4.78, 5) is 2.87. The van der Waals surface area contributed by atoms with Crippen molar-refractivity contribution in [2.24, 2.45) is 17.6 Å². The van der Waals surface area contributed by atoms with E-state index >= 15 is 0 Å². The average Bonchev–Trinajstić information content (AvgIpc) is 2.44. The van der Waals surface area contributed by atoms with E-state index in [1.807, 2.05) is 0 Å². The van der Waals surface area contributed by atoms with E-state index in [0.717, 1.165) is 30.5 Å². The number of nitrogens with two attached hydrogens (primary N) is 1. The quantitative estimate of drug-likeness (QED) is 0.820. The molecule has 2 aliphatic rings. The maximum absolute atomic E-state index is 5.76. The summed E-state index contributed by atoms with van der Waals surface area (Å²) in [7, 11) is 0. The van der Waals surface area contributed by atoms with Crippen LogP contribution in [0.15, 0.2) is 0 Å². The fourth-order valence-corrected chi connectivity index (χ4v) is 4.17. The van der Waals surface area contributed by atoms with Crippen LogP contribution >= 0.6 is 0 Å². The predicted molar refractivity (Wildman–Crippen MR) is 83.2 cm³/mol. The Morgan fingerprint density at radius 2 is 1.63 bits per heavy atom. The van der Waals surface area contributed by atoms with E-state index in [9.17, 15) is 0 Å². The Bertz CT molecular complexity index is 248. The first-order valence-electron chi connectivity index (χ1n) is 8.68. The molecular weight excluding hydrogens is 232 g/mol. The molecule has 0 heterocycles. The van der Waals surface area contributed by atoms with Crippen molar-refractivity contribution >= 4 is 0 Å². The van der Waals surface area contributed by atoms with Crippen LogP contribution in [0.2, 0.25) is 0 Å². The summed E-state index contributed by atoms with van der Waals surface area (Å²) in [5.74, 6) is 1.83. The summed E-state index contributed by atoms with van der Waals surface area (Å²) in [6.45, 7) is 6.99. The maximum atomic E-state index is 5.76. The molecule has 2 rings (SSSR count). The molecule has 0 aromatic heterocycles. The van der Waals surface area contributed by atoms with Gasteiger partial charge in [0.05, 0.1) is 0 Å². The molecule has 2 N–H and O–H groups in total. The van der Waals surface area contributed by atoms with Gasteiger partial charge >= 0.3 is 0 Å². The minimum Gasteiger partial charge on any atom is -0.330 e. The minimum absolute atomic E-state index is 0.848. The van der Waals surface area contributed by atoms with Crippen molar-refractivity contribution in [1.29, 1.82) is 0 Å². The normalized spacial score (nSPS) is 33.8. The van der Waals surface area contributed by atoms with E-state index in [-0.39, 0.29) is 0 Å². The van der Waals surface area contributed by atoms with Crippen LogP contribution in [0.5, 0.6) is 0 Å². The lowest BCUT2D eigenvalue weighted by Gasteiger charge is -2.44. The second-order valence-corrected chi connectivity index (χ2v) is 7.09. The summed E-state index contributed by atoms with van der Waals surface area (Å²) in [6.07, 6.45) is 12.7. The lowest BCUT2D eigenvalue weighted by molar-refractivity contribution is 0.0541. The van der Waals surface area contributed by atoms with E-state index in [1.165, 1.54) is 64.3 Å². The summed E-state index contributed by atoms with van der Waals surface area (Å²) in [5.41, 5.74) is 5.76. The molecule has 3 atom stereocenters. The predicted octanol–water partition coefficient (Wildman–Crippen LogP) is 3.79. The van der Waals surface area contributed by atoms with Crippen molar-refractivity contribution < 1.29 is 0 Å². The molecule has 0 radical (unpaired) electrons. The Morgan fingerprint density at radius 1 is 0.895 bits per heavy atom. The van der Waals surface area contributed by atoms with E-state index in [2.05, 4.69) is 18.7 Å². The Labute approximate surface area is 120 Å². The van der Waals surface area contributed by atoms with Crippen molar-refractivity contribution in [3.8, 4) is 0 Å². The van der Waals surface area contributed by atoms with Crippen LogP contribution in [0.25, 0.3) is 0 Å². The molecule has 0 aliphatic heterocycles. The first kappa shape index (κ1) is 15.3. The molecule has 2 heteroatoms. The molecule has 2 saturated carbocycles. The van der Waals surface area contributed by atoms with Gasteiger partial charge in [-0.1, -0.05) is 33.1 Å². The van der Waals surface area contributed by atoms with Crippen LogP contribution in [0, 0.1) is 11.8 Å². The first-order valence-corrected chi connectivity index (χ1v) is 8.68. The Hall–Kier alpha value is -0.0800. The van der Waals surface area contributed by atoms with Crippen molar-refractivity contribution in [3.05, 3.63) is 0 Å². The zero-order chi connectivity index (χ0) is 13.7. The van der Waals surface area contributed by atoms with E-state index in [1.54, 1.807) is 0 Å². The number of hydrogen-bond acceptors (Lipinski definition) is 2. The highest BCUT2D eigenvalue weighted by Crippen LogP contribution is 2.35. The molecular formula is C17H34N2. The number of rotatable bonds is 5. The highest BCUT2D eigenvalue weighted by molar-refractivity contribution is 4.87. The van der Waals surface area contributed by atoms with Gasteiger partial charge in [-0.15, -0.1) is 0 Å². The zero-order valence-electron chi connectivity index (χ0n) is 13.1. The van der Waals surface area contributed by atoms with Crippen molar-refractivity contribution in [3.63, 3.8) is 0 Å². The molecule has 0 saturated heterocycles. The molecule has 2 fully saturated rings. The van der Waals surface area contributed by atoms with Gasteiger partial charge in [-0.05, 0) is 63.5 Å². The second kappa shape index (κ2) is 7.64. The molecule has 2 nitrogen and oxygen atoms in total. The smallest absolute Gasteiger partial charge is 0.0101 e. The van der Waals surface area contributed by atoms with Gasteiger partial charge in [0.15, 0.2) is 0 Å². The Morgan fingerprint density at radius 3 is 2.26 bits per heavy atom. The van der Waals surface area contributed by atoms with Gasteiger partial charge in [-0.3, -0.25) is 4.90 Å². The zero-order valence-corrected chi connectivity index (χ0v) is 13.1. The highest BCUT2D eigenvalue weighted by Gasteiger charge is 2.32. The fourth-order valence-electron chi connectivity index (χ4n) is 4.17. The third-order valence-electron chi connectivity index (χ3n) is 5.70. The Balaban J connectivity index is 1.95. The van der Waals surface area contributed by atoms with Crippen LogP contribution in [0.3, 0.4) is 0 Å². The largest absolute Gasteiger partial charge is 0.330 e. The van der Waals surface area contributed by atoms with Gasteiger partial charge in [0.1, 0.15) is 0 Å². The number of hydrogen-bond donors (Lipinski definition) is 1. The van der Waals surface area contributed by atoms with Crippen molar-refractivity contribution in [2.45, 2.75) is 83.7 Å². The SMILES string of the molecule is CC1CCC(N(CCCN)C2CCCCC2)CC1C. The lowest BCUT2D eigenvalue weighted by Crippen LogP contribution is -2.47. The standard InChI is InChI=1S/C17H34N2/c1-14-9-10-17(13-15(14)2)19(12-6-11-18)16-7-4-3-5-8-16/h14-17H,3-13,18H2,1-2H3. The fraction of sp³-hybridized carbons (Fsp3) is 1.00. The van der Waals surface area contributed by atoms with E-state index in [4.69, 9.17) is 5.73 Å². The molecule has 19 heavy (non-hydrogen) atoms. The van der Waals surface area contributed by atoms with Gasteiger partial charge in [0.2, 0.25) is 0 Å². The highest BCUT2D eigenvalue weighted by atomic mass is 15.2. The molecule has 112 valence electrons. The molecule has 0 aromatic rings. The summed E-state index contributed by atoms with van der Waals surface area (Å²) in [5, 5.41) is 0. The van der Waals surface area contributed by atoms with Gasteiger partial charge in [0, 0.05) is 12.1 Å². The Kier molecular flexibility index (Phi) is 6.15. The van der Waals surface area contributed by atoms with Crippen LogP contribution in [-0.2, 0) is 0 Å². The molecule has 0 amide bonds. The minimum atomic E-state index is 0.848. The summed E-state index contributed by atoms with van der Waals surface area (Å²) < 4.78 is 0. The number of nitrogens with zero attached hydrogens (tertiary/aromatic N) is 1. The molecule has 0 spiro atoms. The van der Waals surface area contributed by atoms with Crippen LogP contribution in [-0.4, -0.2) is 30.1 Å². The topological polar surface area (TPSA) is 29.3 Å². The van der Waals surface area contributed by atoms with Gasteiger partial charge in [-0.2, -0.15) is 0 Å². The summed E-state index contributed by atoms with van der Waals surface area (Å²) >= 11 is 0. The lowest BCUT2D eigenvalue weighted by atomic mass is 9.77. The van der Waals surface area contributed by atoms with E-state index in [0.29, 0.717) is 0 Å². The summed E-state index contributed by atoms with van der Waals surface area (Å²) in [6, 6.07) is 1.71. The molecule has 0 bridgehead atoms. The van der Waals surface area contributed by atoms with Crippen LogP contribution < -0.4 is 5.73 Å². The van der Waals surface area contributed by atoms with Gasteiger partial charge in [-0.25, -0.2) is 0 Å². The first-order chi connectivity index (χ1) is 9.22. The maximum Gasteiger partial charge on any atom is 0.0101 e. The average molecular weight is 266 g/mol. The van der Waals surface area contributed by atoms with Crippen LogP contribution in [0.4, 0.5) is 0 Å². The van der Waals surface area contributed by atoms with E-state index < -0.39 is 0 Å². The third-order valence-corrected chi connectivity index (χ3v) is 5.70.